The van der Waals surface area contributed by atoms with Gasteiger partial charge in [0.15, 0.2) is 0 Å². The van der Waals surface area contributed by atoms with Crippen LogP contribution in [0.5, 0.6) is 0 Å². The third-order valence-electron chi connectivity index (χ3n) is 6.11. The molecule has 0 bridgehead atoms. The third-order valence-corrected chi connectivity index (χ3v) is 6.11. The minimum atomic E-state index is -0.325. The van der Waals surface area contributed by atoms with Gasteiger partial charge in [0, 0.05) is 13.1 Å². The molecule has 1 N–H and O–H groups in total. The van der Waals surface area contributed by atoms with E-state index in [0.717, 1.165) is 41.5 Å². The Kier molecular flexibility index (Phi) is 4.62. The van der Waals surface area contributed by atoms with Crippen molar-refractivity contribution in [2.75, 3.05) is 0 Å². The molecule has 3 aromatic carbocycles. The van der Waals surface area contributed by atoms with Crippen LogP contribution in [0, 0.1) is 6.92 Å². The number of aromatic nitrogens is 2. The predicted molar refractivity (Wildman–Crippen MR) is 119 cm³/mol. The maximum atomic E-state index is 12.9. The summed E-state index contributed by atoms with van der Waals surface area (Å²) in [5.74, 6) is 0.141. The lowest BCUT2D eigenvalue weighted by atomic mass is 9.93. The van der Waals surface area contributed by atoms with Crippen LogP contribution in [-0.4, -0.2) is 15.5 Å². The van der Waals surface area contributed by atoms with Crippen LogP contribution in [0.2, 0.25) is 0 Å². The fourth-order valence-corrected chi connectivity index (χ4v) is 4.16. The van der Waals surface area contributed by atoms with Crippen LogP contribution in [0.3, 0.4) is 0 Å². The molecule has 0 atom stereocenters. The first-order valence-corrected chi connectivity index (χ1v) is 10.5. The molecule has 30 heavy (non-hydrogen) atoms. The van der Waals surface area contributed by atoms with E-state index >= 15 is 0 Å². The zero-order chi connectivity index (χ0) is 20.6. The SMILES string of the molecule is Cc1cccc(C2(C(=O)NCc3ccc(Cn4cnc5ccccc54)cc3)CC2)c1. The van der Waals surface area contributed by atoms with Crippen LogP contribution < -0.4 is 5.32 Å². The molecule has 1 saturated carbocycles. The van der Waals surface area contributed by atoms with Gasteiger partial charge in [-0.05, 0) is 48.6 Å². The number of fused-ring (bicyclic) bond motifs is 1. The number of benzene rings is 3. The van der Waals surface area contributed by atoms with Crippen molar-refractivity contribution in [2.24, 2.45) is 0 Å². The van der Waals surface area contributed by atoms with Crippen molar-refractivity contribution in [3.05, 3.63) is 101 Å². The monoisotopic (exact) mass is 395 g/mol. The van der Waals surface area contributed by atoms with Gasteiger partial charge in [0.25, 0.3) is 0 Å². The van der Waals surface area contributed by atoms with Crippen LogP contribution in [-0.2, 0) is 23.3 Å². The van der Waals surface area contributed by atoms with E-state index in [1.54, 1.807) is 0 Å². The molecule has 1 aliphatic carbocycles. The van der Waals surface area contributed by atoms with Crippen LogP contribution in [0.1, 0.15) is 35.1 Å². The van der Waals surface area contributed by atoms with E-state index < -0.39 is 0 Å². The Bertz CT molecular complexity index is 1200. The van der Waals surface area contributed by atoms with Crippen LogP contribution in [0.25, 0.3) is 11.0 Å². The maximum Gasteiger partial charge on any atom is 0.230 e. The topological polar surface area (TPSA) is 46.9 Å². The summed E-state index contributed by atoms with van der Waals surface area (Å²) in [6.07, 6.45) is 3.75. The molecular formula is C26H25N3O. The van der Waals surface area contributed by atoms with Gasteiger partial charge in [0.1, 0.15) is 0 Å². The molecule has 4 nitrogen and oxygen atoms in total. The van der Waals surface area contributed by atoms with Crippen molar-refractivity contribution in [3.8, 4) is 0 Å². The number of nitrogens with zero attached hydrogens (tertiary/aromatic N) is 2. The highest BCUT2D eigenvalue weighted by Gasteiger charge is 2.51. The van der Waals surface area contributed by atoms with Gasteiger partial charge in [-0.3, -0.25) is 4.79 Å². The molecule has 1 aromatic heterocycles. The maximum absolute atomic E-state index is 12.9. The average Bonchev–Trinajstić information content (AvgIpc) is 3.50. The molecule has 1 heterocycles. The normalized spacial score (nSPS) is 14.6. The smallest absolute Gasteiger partial charge is 0.230 e. The summed E-state index contributed by atoms with van der Waals surface area (Å²) < 4.78 is 2.16. The van der Waals surface area contributed by atoms with Gasteiger partial charge >= 0.3 is 0 Å². The molecule has 0 unspecified atom stereocenters. The van der Waals surface area contributed by atoms with Gasteiger partial charge in [-0.15, -0.1) is 0 Å². The van der Waals surface area contributed by atoms with Gasteiger partial charge in [0.2, 0.25) is 5.91 Å². The number of carbonyl (C=O) groups is 1. The number of hydrogen-bond acceptors (Lipinski definition) is 2. The fourth-order valence-electron chi connectivity index (χ4n) is 4.16. The Balaban J connectivity index is 1.23. The standard InChI is InChI=1S/C26H25N3O/c1-19-5-4-6-22(15-19)26(13-14-26)25(30)27-16-20-9-11-21(12-10-20)17-29-18-28-23-7-2-3-8-24(23)29/h2-12,15,18H,13-14,16-17H2,1H3,(H,27,30). The third kappa shape index (κ3) is 3.50. The fraction of sp³-hybridized carbons (Fsp3) is 0.231. The second-order valence-corrected chi connectivity index (χ2v) is 8.31. The Morgan fingerprint density at radius 1 is 1.00 bits per heavy atom. The number of hydrogen-bond donors (Lipinski definition) is 1. The van der Waals surface area contributed by atoms with Crippen LogP contribution >= 0.6 is 0 Å². The van der Waals surface area contributed by atoms with Crippen molar-refractivity contribution in [3.63, 3.8) is 0 Å². The lowest BCUT2D eigenvalue weighted by molar-refractivity contribution is -0.123. The van der Waals surface area contributed by atoms with Gasteiger partial charge in [0.05, 0.1) is 22.8 Å². The highest BCUT2D eigenvalue weighted by atomic mass is 16.2. The van der Waals surface area contributed by atoms with Crippen molar-refractivity contribution in [2.45, 2.75) is 38.3 Å². The van der Waals surface area contributed by atoms with Gasteiger partial charge < -0.3 is 9.88 Å². The highest BCUT2D eigenvalue weighted by molar-refractivity contribution is 5.91. The molecule has 0 spiro atoms. The summed E-state index contributed by atoms with van der Waals surface area (Å²) in [6, 6.07) is 25.0. The zero-order valence-electron chi connectivity index (χ0n) is 17.1. The second-order valence-electron chi connectivity index (χ2n) is 8.31. The lowest BCUT2D eigenvalue weighted by Gasteiger charge is -2.16. The number of carbonyl (C=O) groups excluding carboxylic acids is 1. The molecule has 0 saturated heterocycles. The quantitative estimate of drug-likeness (QED) is 0.513. The predicted octanol–water partition coefficient (Wildman–Crippen LogP) is 4.74. The van der Waals surface area contributed by atoms with Crippen LogP contribution in [0.15, 0.2) is 79.1 Å². The number of aryl methyl sites for hydroxylation is 1. The number of nitrogens with one attached hydrogen (secondary N) is 1. The first kappa shape index (κ1) is 18.6. The number of amides is 1. The number of para-hydroxylation sites is 2. The van der Waals surface area contributed by atoms with Crippen molar-refractivity contribution in [1.29, 1.82) is 0 Å². The number of rotatable bonds is 6. The molecule has 5 rings (SSSR count). The average molecular weight is 396 g/mol. The first-order chi connectivity index (χ1) is 14.6. The molecule has 1 amide bonds. The molecule has 1 aliphatic rings. The summed E-state index contributed by atoms with van der Waals surface area (Å²) in [5.41, 5.74) is 6.50. The second kappa shape index (κ2) is 7.45. The molecule has 1 fully saturated rings. The van der Waals surface area contributed by atoms with E-state index in [-0.39, 0.29) is 11.3 Å². The van der Waals surface area contributed by atoms with E-state index in [1.807, 2.05) is 30.6 Å². The minimum absolute atomic E-state index is 0.141. The Hall–Kier alpha value is -3.40. The highest BCUT2D eigenvalue weighted by Crippen LogP contribution is 2.48. The Morgan fingerprint density at radius 3 is 2.53 bits per heavy atom. The molecule has 150 valence electrons. The number of imidazole rings is 1. The van der Waals surface area contributed by atoms with Gasteiger partial charge in [-0.2, -0.15) is 0 Å². The van der Waals surface area contributed by atoms with E-state index in [9.17, 15) is 4.79 Å². The summed E-state index contributed by atoms with van der Waals surface area (Å²) in [6.45, 7) is 3.41. The van der Waals surface area contributed by atoms with Crippen molar-refractivity contribution >= 4 is 16.9 Å². The summed E-state index contributed by atoms with van der Waals surface area (Å²) in [4.78, 5) is 17.3. The van der Waals surface area contributed by atoms with Gasteiger partial charge in [-0.25, -0.2) is 4.98 Å². The van der Waals surface area contributed by atoms with Crippen molar-refractivity contribution in [1.82, 2.24) is 14.9 Å². The Morgan fingerprint density at radius 2 is 1.77 bits per heavy atom. The molecule has 0 aliphatic heterocycles. The molecule has 4 heteroatoms. The summed E-state index contributed by atoms with van der Waals surface area (Å²) >= 11 is 0. The lowest BCUT2D eigenvalue weighted by Crippen LogP contribution is -2.34. The molecular weight excluding hydrogens is 370 g/mol. The minimum Gasteiger partial charge on any atom is -0.351 e. The molecule has 0 radical (unpaired) electrons. The van der Waals surface area contributed by atoms with E-state index in [4.69, 9.17) is 0 Å². The van der Waals surface area contributed by atoms with Gasteiger partial charge in [-0.1, -0.05) is 66.2 Å². The van der Waals surface area contributed by atoms with E-state index in [2.05, 4.69) is 70.3 Å². The van der Waals surface area contributed by atoms with Crippen molar-refractivity contribution < 1.29 is 4.79 Å². The summed E-state index contributed by atoms with van der Waals surface area (Å²) in [7, 11) is 0. The van der Waals surface area contributed by atoms with E-state index in [1.165, 1.54) is 11.1 Å². The zero-order valence-corrected chi connectivity index (χ0v) is 17.1. The van der Waals surface area contributed by atoms with Crippen LogP contribution in [0.4, 0.5) is 0 Å². The largest absolute Gasteiger partial charge is 0.351 e. The Labute approximate surface area is 176 Å². The van der Waals surface area contributed by atoms with E-state index in [0.29, 0.717) is 6.54 Å². The summed E-state index contributed by atoms with van der Waals surface area (Å²) in [5, 5.41) is 3.15. The molecule has 4 aromatic rings. The first-order valence-electron chi connectivity index (χ1n) is 10.5.